The van der Waals surface area contributed by atoms with Gasteiger partial charge < -0.3 is 30.6 Å². The van der Waals surface area contributed by atoms with Gasteiger partial charge >= 0.3 is 18.3 Å². The second kappa shape index (κ2) is 14.5. The van der Waals surface area contributed by atoms with Crippen molar-refractivity contribution in [3.63, 3.8) is 0 Å². The van der Waals surface area contributed by atoms with Crippen LogP contribution in [0.2, 0.25) is 0 Å². The van der Waals surface area contributed by atoms with Crippen molar-refractivity contribution >= 4 is 40.9 Å². The van der Waals surface area contributed by atoms with E-state index in [0.29, 0.717) is 0 Å². The van der Waals surface area contributed by atoms with Gasteiger partial charge in [-0.3, -0.25) is 9.59 Å². The molecule has 46 heavy (non-hydrogen) atoms. The van der Waals surface area contributed by atoms with Gasteiger partial charge in [0.15, 0.2) is 0 Å². The number of esters is 1. The quantitative estimate of drug-likeness (QED) is 0.0848. The molecule has 2 amide bonds. The van der Waals surface area contributed by atoms with Gasteiger partial charge in [-0.25, -0.2) is 9.59 Å². The Morgan fingerprint density at radius 1 is 0.913 bits per heavy atom. The molecule has 236 valence electrons. The highest BCUT2D eigenvalue weighted by molar-refractivity contribution is 6.25. The van der Waals surface area contributed by atoms with E-state index in [2.05, 4.69) is 20.4 Å². The minimum Gasteiger partial charge on any atom is -0.461 e. The number of aromatic nitrogens is 1. The third kappa shape index (κ3) is 7.39. The fourth-order valence-corrected chi connectivity index (χ4v) is 5.76. The highest BCUT2D eigenvalue weighted by Crippen LogP contribution is 2.44. The van der Waals surface area contributed by atoms with E-state index in [9.17, 15) is 19.2 Å². The number of amides is 2. The van der Waals surface area contributed by atoms with Crippen molar-refractivity contribution in [2.45, 2.75) is 57.2 Å². The molecule has 11 heteroatoms. The Hall–Kier alpha value is -5.54. The van der Waals surface area contributed by atoms with Crippen molar-refractivity contribution in [1.29, 1.82) is 0 Å². The summed E-state index contributed by atoms with van der Waals surface area (Å²) in [7, 11) is 0. The van der Waals surface area contributed by atoms with E-state index in [1.165, 1.54) is 0 Å². The number of H-pyrrole nitrogens is 1. The normalized spacial score (nSPS) is 13.2. The van der Waals surface area contributed by atoms with Gasteiger partial charge in [0.25, 0.3) is 0 Å². The monoisotopic (exact) mass is 621 g/mol. The zero-order chi connectivity index (χ0) is 32.6. The van der Waals surface area contributed by atoms with Crippen LogP contribution in [0.1, 0.15) is 49.3 Å². The van der Waals surface area contributed by atoms with Gasteiger partial charge in [0.1, 0.15) is 18.7 Å². The number of ether oxygens (including phenoxy) is 2. The first-order chi connectivity index (χ1) is 22.2. The standard InChI is InChI=1S/C35H35N5O6/c1-21(2)46-34(43)31(16-15-23(41)19-38-36)39-33(42)32(17-22-18-37-30-14-8-7-9-24(22)30)40-35(44)45-20-29-27-12-5-3-10-25(27)26-11-4-6-13-28(26)29/h3-14,18-19,21,29,31-32,37H,15-17,20H2,1-2H3,(H,39,42)(H,40,44)/t31-,32-/m0/s1. The number of benzene rings is 3. The number of aromatic amines is 1. The Labute approximate surface area is 265 Å². The van der Waals surface area contributed by atoms with E-state index in [1.807, 2.05) is 72.8 Å². The number of rotatable bonds is 13. The van der Waals surface area contributed by atoms with Gasteiger partial charge in [0.05, 0.1) is 6.10 Å². The Morgan fingerprint density at radius 2 is 1.57 bits per heavy atom. The number of carbonyl (C=O) groups is 4. The lowest BCUT2D eigenvalue weighted by molar-refractivity contribution is -0.151. The summed E-state index contributed by atoms with van der Waals surface area (Å²) in [6.45, 7) is 3.39. The number of Topliss-reactive ketones (excluding diaryl/α,β-unsaturated/α-hetero) is 1. The number of ketones is 1. The van der Waals surface area contributed by atoms with E-state index < -0.39 is 41.9 Å². The molecule has 1 heterocycles. The molecule has 0 aliphatic heterocycles. The van der Waals surface area contributed by atoms with Gasteiger partial charge in [-0.15, -0.1) is 0 Å². The van der Waals surface area contributed by atoms with Crippen molar-refractivity contribution in [2.75, 3.05) is 6.61 Å². The Morgan fingerprint density at radius 3 is 2.24 bits per heavy atom. The van der Waals surface area contributed by atoms with Gasteiger partial charge in [-0.05, 0) is 54.2 Å². The van der Waals surface area contributed by atoms with E-state index in [1.54, 1.807) is 20.0 Å². The number of carbonyl (C=O) groups excluding carboxylic acids is 4. The number of nitrogens with zero attached hydrogens (tertiary/aromatic N) is 2. The molecule has 3 aromatic carbocycles. The zero-order valence-corrected chi connectivity index (χ0v) is 25.6. The SMILES string of the molecule is CC(C)OC(=O)[C@H](CCC(=O)C=[N+]=[N-])NC(=O)[C@H](Cc1c[nH]c2ccccc12)NC(=O)OCC1c2ccccc2-c2ccccc21. The molecule has 1 aliphatic rings. The molecule has 2 atom stereocenters. The summed E-state index contributed by atoms with van der Waals surface area (Å²) in [4.78, 5) is 57.8. The van der Waals surface area contributed by atoms with Crippen LogP contribution in [-0.2, 0) is 30.3 Å². The molecule has 11 nitrogen and oxygen atoms in total. The van der Waals surface area contributed by atoms with Crippen LogP contribution in [-0.4, -0.2) is 64.5 Å². The number of para-hydroxylation sites is 1. The first-order valence-electron chi connectivity index (χ1n) is 15.1. The van der Waals surface area contributed by atoms with E-state index in [-0.39, 0.29) is 31.8 Å². The predicted octanol–water partition coefficient (Wildman–Crippen LogP) is 4.70. The molecule has 3 N–H and O–H groups in total. The summed E-state index contributed by atoms with van der Waals surface area (Å²) in [5.41, 5.74) is 14.6. The molecule has 5 rings (SSSR count). The van der Waals surface area contributed by atoms with Crippen molar-refractivity contribution in [3.8, 4) is 11.1 Å². The zero-order valence-electron chi connectivity index (χ0n) is 25.6. The Bertz CT molecular complexity index is 1760. The first kappa shape index (κ1) is 31.9. The summed E-state index contributed by atoms with van der Waals surface area (Å²) in [6.07, 6.45) is 1.02. The van der Waals surface area contributed by atoms with Crippen molar-refractivity contribution in [1.82, 2.24) is 15.6 Å². The summed E-state index contributed by atoms with van der Waals surface area (Å²) in [5, 5.41) is 6.23. The number of hydrogen-bond donors (Lipinski definition) is 3. The van der Waals surface area contributed by atoms with Crippen LogP contribution in [0, 0.1) is 0 Å². The van der Waals surface area contributed by atoms with Crippen LogP contribution in [0.15, 0.2) is 79.0 Å². The van der Waals surface area contributed by atoms with Gasteiger partial charge in [0.2, 0.25) is 11.7 Å². The van der Waals surface area contributed by atoms with E-state index in [4.69, 9.17) is 15.0 Å². The average Bonchev–Trinajstić information content (AvgIpc) is 3.60. The molecular weight excluding hydrogens is 586 g/mol. The largest absolute Gasteiger partial charge is 0.461 e. The van der Waals surface area contributed by atoms with E-state index in [0.717, 1.165) is 44.9 Å². The van der Waals surface area contributed by atoms with Gasteiger partial charge in [-0.2, -0.15) is 4.79 Å². The molecule has 1 aliphatic carbocycles. The molecule has 0 saturated carbocycles. The van der Waals surface area contributed by atoms with Crippen LogP contribution in [0.5, 0.6) is 0 Å². The Kier molecular flexibility index (Phi) is 10.0. The van der Waals surface area contributed by atoms with Crippen molar-refractivity contribution in [3.05, 3.63) is 101 Å². The van der Waals surface area contributed by atoms with Crippen LogP contribution in [0.4, 0.5) is 4.79 Å². The lowest BCUT2D eigenvalue weighted by Crippen LogP contribution is -2.53. The maximum absolute atomic E-state index is 13.7. The lowest BCUT2D eigenvalue weighted by Gasteiger charge is -2.23. The highest BCUT2D eigenvalue weighted by Gasteiger charge is 2.32. The van der Waals surface area contributed by atoms with Crippen LogP contribution in [0.3, 0.4) is 0 Å². The predicted molar refractivity (Wildman–Crippen MR) is 171 cm³/mol. The molecule has 0 saturated heterocycles. The number of hydrogen-bond acceptors (Lipinski definition) is 6. The Balaban J connectivity index is 1.34. The molecule has 0 fully saturated rings. The minimum absolute atomic E-state index is 0.0547. The second-order valence-electron chi connectivity index (χ2n) is 11.4. The van der Waals surface area contributed by atoms with Crippen LogP contribution >= 0.6 is 0 Å². The number of alkyl carbamates (subject to hydrolysis) is 1. The fraction of sp³-hybridized carbons (Fsp3) is 0.286. The summed E-state index contributed by atoms with van der Waals surface area (Å²) in [6, 6.07) is 21.2. The van der Waals surface area contributed by atoms with Gasteiger partial charge in [-0.1, -0.05) is 66.7 Å². The van der Waals surface area contributed by atoms with Crippen LogP contribution < -0.4 is 10.6 Å². The molecule has 0 bridgehead atoms. The van der Waals surface area contributed by atoms with Gasteiger partial charge in [0, 0.05) is 35.9 Å². The van der Waals surface area contributed by atoms with Crippen molar-refractivity contribution < 1.29 is 33.4 Å². The summed E-state index contributed by atoms with van der Waals surface area (Å²) in [5.74, 6) is -2.10. The third-order valence-corrected chi connectivity index (χ3v) is 7.89. The summed E-state index contributed by atoms with van der Waals surface area (Å²) >= 11 is 0. The molecule has 4 aromatic rings. The lowest BCUT2D eigenvalue weighted by atomic mass is 9.98. The summed E-state index contributed by atoms with van der Waals surface area (Å²) < 4.78 is 11.0. The average molecular weight is 622 g/mol. The molecule has 0 radical (unpaired) electrons. The second-order valence-corrected chi connectivity index (χ2v) is 11.4. The fourth-order valence-electron chi connectivity index (χ4n) is 5.76. The maximum atomic E-state index is 13.7. The molecular formula is C35H35N5O6. The smallest absolute Gasteiger partial charge is 0.407 e. The molecule has 1 aromatic heterocycles. The number of nitrogens with one attached hydrogen (secondary N) is 3. The van der Waals surface area contributed by atoms with E-state index >= 15 is 0 Å². The number of fused-ring (bicyclic) bond motifs is 4. The van der Waals surface area contributed by atoms with Crippen LogP contribution in [0.25, 0.3) is 27.6 Å². The minimum atomic E-state index is -1.19. The molecule has 0 unspecified atom stereocenters. The maximum Gasteiger partial charge on any atom is 0.407 e. The van der Waals surface area contributed by atoms with Crippen molar-refractivity contribution in [2.24, 2.45) is 0 Å². The first-order valence-corrected chi connectivity index (χ1v) is 15.1. The topological polar surface area (TPSA) is 163 Å². The highest BCUT2D eigenvalue weighted by atomic mass is 16.6. The molecule has 0 spiro atoms. The third-order valence-electron chi connectivity index (χ3n) is 7.89.